The molecule has 0 spiro atoms. The number of hydrogen-bond acceptors (Lipinski definition) is 5. The van der Waals surface area contributed by atoms with Gasteiger partial charge in [-0.05, 0) is 40.6 Å². The van der Waals surface area contributed by atoms with Gasteiger partial charge in [0.25, 0.3) is 0 Å². The zero-order valence-electron chi connectivity index (χ0n) is 15.3. The fourth-order valence-electron chi connectivity index (χ4n) is 2.93. The Bertz CT molecular complexity index is 1080. The highest BCUT2D eigenvalue weighted by Crippen LogP contribution is 2.37. The van der Waals surface area contributed by atoms with Crippen LogP contribution in [0.15, 0.2) is 90.1 Å². The van der Waals surface area contributed by atoms with Gasteiger partial charge in [-0.2, -0.15) is 4.68 Å². The fraction of sp³-hybridized carbons (Fsp3) is 0.0909. The first-order valence-corrected chi connectivity index (χ1v) is 9.76. The second-order valence-electron chi connectivity index (χ2n) is 6.35. The molecule has 4 rings (SSSR count). The lowest BCUT2D eigenvalue weighted by atomic mass is 10.0. The SMILES string of the molecule is Cc1cccc(-n2nnnc2S[C@@H](C(=O)c2ccccc2)c2ccccc2)c1. The van der Waals surface area contributed by atoms with E-state index in [2.05, 4.69) is 15.5 Å². The van der Waals surface area contributed by atoms with E-state index < -0.39 is 5.25 Å². The van der Waals surface area contributed by atoms with Crippen LogP contribution in [-0.4, -0.2) is 26.0 Å². The third-order valence-corrected chi connectivity index (χ3v) is 5.50. The van der Waals surface area contributed by atoms with Gasteiger partial charge in [-0.1, -0.05) is 84.6 Å². The molecule has 6 heteroatoms. The number of thioether (sulfide) groups is 1. The minimum atomic E-state index is -0.446. The molecule has 0 radical (unpaired) electrons. The summed E-state index contributed by atoms with van der Waals surface area (Å²) in [5.74, 6) is 0.0237. The van der Waals surface area contributed by atoms with Crippen molar-refractivity contribution in [1.29, 1.82) is 0 Å². The van der Waals surface area contributed by atoms with Gasteiger partial charge < -0.3 is 0 Å². The number of tetrazole rings is 1. The van der Waals surface area contributed by atoms with Crippen molar-refractivity contribution >= 4 is 17.5 Å². The van der Waals surface area contributed by atoms with Crippen LogP contribution >= 0.6 is 11.8 Å². The molecule has 1 aromatic heterocycles. The molecule has 138 valence electrons. The van der Waals surface area contributed by atoms with Gasteiger partial charge in [0.2, 0.25) is 5.16 Å². The first-order chi connectivity index (χ1) is 13.7. The van der Waals surface area contributed by atoms with Crippen LogP contribution in [0.5, 0.6) is 0 Å². The maximum Gasteiger partial charge on any atom is 0.215 e. The molecule has 1 heterocycles. The van der Waals surface area contributed by atoms with Crippen molar-refractivity contribution in [1.82, 2.24) is 20.2 Å². The van der Waals surface area contributed by atoms with Crippen molar-refractivity contribution < 1.29 is 4.79 Å². The van der Waals surface area contributed by atoms with E-state index in [0.717, 1.165) is 16.8 Å². The number of benzene rings is 3. The van der Waals surface area contributed by atoms with Crippen molar-refractivity contribution in [2.75, 3.05) is 0 Å². The molecule has 0 aliphatic rings. The minimum Gasteiger partial charge on any atom is -0.293 e. The normalized spacial score (nSPS) is 11.9. The molecule has 3 aromatic carbocycles. The topological polar surface area (TPSA) is 60.7 Å². The molecule has 0 amide bonds. The van der Waals surface area contributed by atoms with E-state index >= 15 is 0 Å². The summed E-state index contributed by atoms with van der Waals surface area (Å²) in [6, 6.07) is 27.0. The lowest BCUT2D eigenvalue weighted by Gasteiger charge is -2.15. The molecule has 4 aromatic rings. The predicted molar refractivity (Wildman–Crippen MR) is 110 cm³/mol. The summed E-state index contributed by atoms with van der Waals surface area (Å²) in [5.41, 5.74) is 3.56. The molecule has 28 heavy (non-hydrogen) atoms. The van der Waals surface area contributed by atoms with Crippen molar-refractivity contribution in [3.8, 4) is 5.69 Å². The third-order valence-electron chi connectivity index (χ3n) is 4.31. The number of carbonyl (C=O) groups is 1. The van der Waals surface area contributed by atoms with Gasteiger partial charge in [-0.15, -0.1) is 5.10 Å². The van der Waals surface area contributed by atoms with Crippen LogP contribution in [0.2, 0.25) is 0 Å². The standard InChI is InChI=1S/C22H18N4OS/c1-16-9-8-14-19(15-16)26-22(23-24-25-26)28-21(18-12-6-3-7-13-18)20(27)17-10-4-2-5-11-17/h2-15,21H,1H3/t21-/m1/s1. The number of hydrogen-bond donors (Lipinski definition) is 0. The van der Waals surface area contributed by atoms with Gasteiger partial charge in [0.15, 0.2) is 5.78 Å². The van der Waals surface area contributed by atoms with E-state index in [1.54, 1.807) is 4.68 Å². The number of aryl methyl sites for hydroxylation is 1. The Labute approximate surface area is 167 Å². The number of aromatic nitrogens is 4. The Balaban J connectivity index is 1.72. The minimum absolute atomic E-state index is 0.0237. The number of Topliss-reactive ketones (excluding diaryl/α,β-unsaturated/α-hetero) is 1. The molecule has 0 fully saturated rings. The molecule has 0 aliphatic carbocycles. The molecule has 0 aliphatic heterocycles. The molecule has 0 saturated carbocycles. The van der Waals surface area contributed by atoms with E-state index in [9.17, 15) is 4.79 Å². The number of ketones is 1. The maximum absolute atomic E-state index is 13.3. The van der Waals surface area contributed by atoms with Crippen LogP contribution in [-0.2, 0) is 0 Å². The lowest BCUT2D eigenvalue weighted by Crippen LogP contribution is -2.11. The Kier molecular flexibility index (Phi) is 5.30. The van der Waals surface area contributed by atoms with E-state index in [-0.39, 0.29) is 5.78 Å². The summed E-state index contributed by atoms with van der Waals surface area (Å²) in [5, 5.41) is 12.3. The van der Waals surface area contributed by atoms with Gasteiger partial charge in [0, 0.05) is 5.56 Å². The summed E-state index contributed by atoms with van der Waals surface area (Å²) < 4.78 is 1.67. The van der Waals surface area contributed by atoms with Crippen molar-refractivity contribution in [2.24, 2.45) is 0 Å². The predicted octanol–water partition coefficient (Wildman–Crippen LogP) is 4.69. The molecular weight excluding hydrogens is 368 g/mol. The van der Waals surface area contributed by atoms with Crippen molar-refractivity contribution in [3.63, 3.8) is 0 Å². The summed E-state index contributed by atoms with van der Waals surface area (Å²) in [4.78, 5) is 13.3. The highest BCUT2D eigenvalue weighted by atomic mass is 32.2. The van der Waals surface area contributed by atoms with Gasteiger partial charge in [0.1, 0.15) is 5.25 Å². The number of nitrogens with zero attached hydrogens (tertiary/aromatic N) is 4. The van der Waals surface area contributed by atoms with Crippen LogP contribution in [0.25, 0.3) is 5.69 Å². The summed E-state index contributed by atoms with van der Waals surface area (Å²) >= 11 is 1.36. The van der Waals surface area contributed by atoms with Crippen LogP contribution in [0.4, 0.5) is 0 Å². The van der Waals surface area contributed by atoms with Crippen molar-refractivity contribution in [3.05, 3.63) is 102 Å². The monoisotopic (exact) mass is 386 g/mol. The molecule has 0 unspecified atom stereocenters. The maximum atomic E-state index is 13.3. The van der Waals surface area contributed by atoms with Crippen LogP contribution < -0.4 is 0 Å². The molecule has 1 atom stereocenters. The molecular formula is C22H18N4OS. The summed E-state index contributed by atoms with van der Waals surface area (Å²) in [6.45, 7) is 2.02. The van der Waals surface area contributed by atoms with Crippen LogP contribution in [0.3, 0.4) is 0 Å². The van der Waals surface area contributed by atoms with E-state index in [4.69, 9.17) is 0 Å². The highest BCUT2D eigenvalue weighted by molar-refractivity contribution is 8.00. The van der Waals surface area contributed by atoms with Crippen LogP contribution in [0.1, 0.15) is 26.7 Å². The Morgan fingerprint density at radius 3 is 2.36 bits per heavy atom. The van der Waals surface area contributed by atoms with E-state index in [0.29, 0.717) is 10.7 Å². The first-order valence-electron chi connectivity index (χ1n) is 8.88. The van der Waals surface area contributed by atoms with Gasteiger partial charge in [-0.3, -0.25) is 4.79 Å². The lowest BCUT2D eigenvalue weighted by molar-refractivity contribution is 0.0989. The smallest absolute Gasteiger partial charge is 0.215 e. The van der Waals surface area contributed by atoms with E-state index in [1.807, 2.05) is 91.9 Å². The fourth-order valence-corrected chi connectivity index (χ4v) is 4.01. The van der Waals surface area contributed by atoms with Gasteiger partial charge in [0.05, 0.1) is 5.69 Å². The molecule has 5 nitrogen and oxygen atoms in total. The third kappa shape index (κ3) is 3.87. The summed E-state index contributed by atoms with van der Waals surface area (Å²) in [6.07, 6.45) is 0. The van der Waals surface area contributed by atoms with Crippen molar-refractivity contribution in [2.45, 2.75) is 17.3 Å². The average molecular weight is 386 g/mol. The first kappa shape index (κ1) is 18.1. The zero-order valence-corrected chi connectivity index (χ0v) is 16.1. The second kappa shape index (κ2) is 8.19. The van der Waals surface area contributed by atoms with E-state index in [1.165, 1.54) is 11.8 Å². The Morgan fingerprint density at radius 1 is 0.929 bits per heavy atom. The Hall–Kier alpha value is -3.25. The summed E-state index contributed by atoms with van der Waals surface area (Å²) in [7, 11) is 0. The van der Waals surface area contributed by atoms with Gasteiger partial charge in [-0.25, -0.2) is 0 Å². The largest absolute Gasteiger partial charge is 0.293 e. The molecule has 0 N–H and O–H groups in total. The van der Waals surface area contributed by atoms with Crippen LogP contribution in [0, 0.1) is 6.92 Å². The zero-order chi connectivity index (χ0) is 19.3. The molecule has 0 bridgehead atoms. The highest BCUT2D eigenvalue weighted by Gasteiger charge is 2.26. The quantitative estimate of drug-likeness (QED) is 0.355. The van der Waals surface area contributed by atoms with Gasteiger partial charge >= 0.3 is 0 Å². The number of carbonyl (C=O) groups excluding carboxylic acids is 1. The number of rotatable bonds is 6. The average Bonchev–Trinajstić information content (AvgIpc) is 3.21. The molecule has 0 saturated heterocycles. The second-order valence-corrected chi connectivity index (χ2v) is 7.42. The Morgan fingerprint density at radius 2 is 1.64 bits per heavy atom.